The van der Waals surface area contributed by atoms with E-state index >= 15 is 0 Å². The molecule has 1 amide bonds. The monoisotopic (exact) mass is 192 g/mol. The zero-order valence-corrected chi connectivity index (χ0v) is 7.86. The van der Waals surface area contributed by atoms with Gasteiger partial charge >= 0.3 is 0 Å². The van der Waals surface area contributed by atoms with Gasteiger partial charge in [0.15, 0.2) is 0 Å². The molecule has 0 fully saturated rings. The Morgan fingerprint density at radius 3 is 2.29 bits per heavy atom. The van der Waals surface area contributed by atoms with Crippen LogP contribution in [0, 0.1) is 0 Å². The van der Waals surface area contributed by atoms with E-state index in [9.17, 15) is 4.79 Å². The predicted octanol–water partition coefficient (Wildman–Crippen LogP) is 0.480. The van der Waals surface area contributed by atoms with Gasteiger partial charge in [-0.15, -0.1) is 0 Å². The standard InChI is InChI=1S/C10H12N2O2/c1-14-8-4-2-7(3-5-8)6-9(11)10(12)13/h2-6H,11H2,1H3,(H2,12,13). The molecule has 0 unspecified atom stereocenters. The van der Waals surface area contributed by atoms with Gasteiger partial charge in [0.25, 0.3) is 5.91 Å². The van der Waals surface area contributed by atoms with E-state index in [1.807, 2.05) is 0 Å². The molecule has 0 saturated carbocycles. The fourth-order valence-corrected chi connectivity index (χ4v) is 0.951. The molecule has 0 heterocycles. The van der Waals surface area contributed by atoms with Crippen molar-refractivity contribution in [2.75, 3.05) is 7.11 Å². The lowest BCUT2D eigenvalue weighted by Crippen LogP contribution is -2.19. The molecule has 14 heavy (non-hydrogen) atoms. The Hall–Kier alpha value is -1.97. The number of ether oxygens (including phenoxy) is 1. The summed E-state index contributed by atoms with van der Waals surface area (Å²) in [4.78, 5) is 10.6. The Morgan fingerprint density at radius 2 is 1.86 bits per heavy atom. The lowest BCUT2D eigenvalue weighted by atomic mass is 10.2. The van der Waals surface area contributed by atoms with Crippen molar-refractivity contribution >= 4 is 12.0 Å². The van der Waals surface area contributed by atoms with Gasteiger partial charge in [-0.3, -0.25) is 4.79 Å². The lowest BCUT2D eigenvalue weighted by molar-refractivity contribution is -0.114. The van der Waals surface area contributed by atoms with E-state index < -0.39 is 5.91 Å². The van der Waals surface area contributed by atoms with Crippen LogP contribution in [0.25, 0.3) is 6.08 Å². The molecule has 0 aromatic heterocycles. The average Bonchev–Trinajstić information content (AvgIpc) is 2.19. The van der Waals surface area contributed by atoms with E-state index in [1.54, 1.807) is 31.4 Å². The third-order valence-electron chi connectivity index (χ3n) is 1.72. The van der Waals surface area contributed by atoms with Crippen molar-refractivity contribution < 1.29 is 9.53 Å². The van der Waals surface area contributed by atoms with Gasteiger partial charge in [-0.25, -0.2) is 0 Å². The van der Waals surface area contributed by atoms with E-state index in [4.69, 9.17) is 16.2 Å². The molecule has 0 bridgehead atoms. The Balaban J connectivity index is 2.88. The highest BCUT2D eigenvalue weighted by Crippen LogP contribution is 2.12. The summed E-state index contributed by atoms with van der Waals surface area (Å²) in [5.74, 6) is 0.126. The van der Waals surface area contributed by atoms with Crippen LogP contribution >= 0.6 is 0 Å². The van der Waals surface area contributed by atoms with Crippen LogP contribution in [-0.2, 0) is 4.79 Å². The summed E-state index contributed by atoms with van der Waals surface area (Å²) in [5.41, 5.74) is 11.2. The highest BCUT2D eigenvalue weighted by Gasteiger charge is 1.98. The summed E-state index contributed by atoms with van der Waals surface area (Å²) in [6.07, 6.45) is 1.52. The second-order valence-corrected chi connectivity index (χ2v) is 2.74. The Labute approximate surface area is 82.2 Å². The van der Waals surface area contributed by atoms with Gasteiger partial charge in [0.2, 0.25) is 0 Å². The normalized spacial score (nSPS) is 11.1. The fraction of sp³-hybridized carbons (Fsp3) is 0.100. The van der Waals surface area contributed by atoms with Gasteiger partial charge in [0.1, 0.15) is 5.75 Å². The Kier molecular flexibility index (Phi) is 3.12. The maximum Gasteiger partial charge on any atom is 0.264 e. The first kappa shape index (κ1) is 10.1. The Morgan fingerprint density at radius 1 is 1.29 bits per heavy atom. The maximum atomic E-state index is 10.6. The molecule has 0 atom stereocenters. The Bertz CT molecular complexity index is 355. The molecule has 4 heteroatoms. The molecule has 1 aromatic carbocycles. The molecular formula is C10H12N2O2. The highest BCUT2D eigenvalue weighted by molar-refractivity contribution is 5.95. The van der Waals surface area contributed by atoms with E-state index in [0.717, 1.165) is 11.3 Å². The minimum absolute atomic E-state index is 0.0372. The average molecular weight is 192 g/mol. The molecule has 0 spiro atoms. The van der Waals surface area contributed by atoms with Crippen molar-refractivity contribution in [3.8, 4) is 5.75 Å². The van der Waals surface area contributed by atoms with Crippen molar-refractivity contribution in [1.82, 2.24) is 0 Å². The van der Waals surface area contributed by atoms with Crippen LogP contribution < -0.4 is 16.2 Å². The summed E-state index contributed by atoms with van der Waals surface area (Å²) in [7, 11) is 1.59. The minimum Gasteiger partial charge on any atom is -0.497 e. The number of methoxy groups -OCH3 is 1. The number of rotatable bonds is 3. The zero-order chi connectivity index (χ0) is 10.6. The molecule has 74 valence electrons. The number of benzene rings is 1. The van der Waals surface area contributed by atoms with Crippen molar-refractivity contribution in [1.29, 1.82) is 0 Å². The van der Waals surface area contributed by atoms with Crippen molar-refractivity contribution in [2.24, 2.45) is 11.5 Å². The van der Waals surface area contributed by atoms with Crippen LogP contribution in [0.3, 0.4) is 0 Å². The van der Waals surface area contributed by atoms with Crippen LogP contribution in [0.2, 0.25) is 0 Å². The van der Waals surface area contributed by atoms with Crippen LogP contribution in [0.5, 0.6) is 5.75 Å². The molecular weight excluding hydrogens is 180 g/mol. The van der Waals surface area contributed by atoms with Crippen molar-refractivity contribution in [3.05, 3.63) is 35.5 Å². The summed E-state index contributed by atoms with van der Waals surface area (Å²) < 4.78 is 4.98. The van der Waals surface area contributed by atoms with E-state index in [2.05, 4.69) is 0 Å². The molecule has 0 aliphatic carbocycles. The van der Waals surface area contributed by atoms with Gasteiger partial charge in [-0.2, -0.15) is 0 Å². The van der Waals surface area contributed by atoms with E-state index in [1.165, 1.54) is 6.08 Å². The van der Waals surface area contributed by atoms with E-state index in [0.29, 0.717) is 0 Å². The number of hydrogen-bond donors (Lipinski definition) is 2. The van der Waals surface area contributed by atoms with Gasteiger partial charge in [-0.05, 0) is 23.8 Å². The van der Waals surface area contributed by atoms with Crippen LogP contribution in [0.1, 0.15) is 5.56 Å². The van der Waals surface area contributed by atoms with Crippen LogP contribution in [0.4, 0.5) is 0 Å². The third-order valence-corrected chi connectivity index (χ3v) is 1.72. The van der Waals surface area contributed by atoms with Crippen LogP contribution in [0.15, 0.2) is 30.0 Å². The zero-order valence-electron chi connectivity index (χ0n) is 7.86. The van der Waals surface area contributed by atoms with Gasteiger partial charge in [0, 0.05) is 0 Å². The number of carbonyl (C=O) groups excluding carboxylic acids is 1. The summed E-state index contributed by atoms with van der Waals surface area (Å²) in [5, 5.41) is 0. The van der Waals surface area contributed by atoms with Crippen molar-refractivity contribution in [2.45, 2.75) is 0 Å². The van der Waals surface area contributed by atoms with Crippen LogP contribution in [-0.4, -0.2) is 13.0 Å². The molecule has 1 aromatic rings. The largest absolute Gasteiger partial charge is 0.497 e. The first-order valence-corrected chi connectivity index (χ1v) is 4.04. The fourth-order valence-electron chi connectivity index (χ4n) is 0.951. The summed E-state index contributed by atoms with van der Waals surface area (Å²) in [6.45, 7) is 0. The summed E-state index contributed by atoms with van der Waals surface area (Å²) >= 11 is 0. The number of amides is 1. The highest BCUT2D eigenvalue weighted by atomic mass is 16.5. The molecule has 4 N–H and O–H groups in total. The number of hydrogen-bond acceptors (Lipinski definition) is 3. The number of nitrogens with two attached hydrogens (primary N) is 2. The van der Waals surface area contributed by atoms with Crippen molar-refractivity contribution in [3.63, 3.8) is 0 Å². The lowest BCUT2D eigenvalue weighted by Gasteiger charge is -2.00. The SMILES string of the molecule is COc1ccc(C=C(N)C(N)=O)cc1. The van der Waals surface area contributed by atoms with Gasteiger partial charge in [0.05, 0.1) is 12.8 Å². The smallest absolute Gasteiger partial charge is 0.264 e. The quantitative estimate of drug-likeness (QED) is 0.684. The number of primary amides is 1. The third kappa shape index (κ3) is 2.52. The molecule has 1 rings (SSSR count). The van der Waals surface area contributed by atoms with Gasteiger partial charge < -0.3 is 16.2 Å². The maximum absolute atomic E-state index is 10.6. The molecule has 0 radical (unpaired) electrons. The van der Waals surface area contributed by atoms with E-state index in [-0.39, 0.29) is 5.70 Å². The van der Waals surface area contributed by atoms with Gasteiger partial charge in [-0.1, -0.05) is 12.1 Å². The number of carbonyl (C=O) groups is 1. The molecule has 0 saturated heterocycles. The summed E-state index contributed by atoms with van der Waals surface area (Å²) in [6, 6.07) is 7.13. The second-order valence-electron chi connectivity index (χ2n) is 2.74. The molecule has 4 nitrogen and oxygen atoms in total. The topological polar surface area (TPSA) is 78.3 Å². The predicted molar refractivity (Wildman–Crippen MR) is 54.4 cm³/mol. The molecule has 0 aliphatic rings. The minimum atomic E-state index is -0.624. The second kappa shape index (κ2) is 4.32. The first-order chi connectivity index (χ1) is 6.63. The molecule has 0 aliphatic heterocycles. The first-order valence-electron chi connectivity index (χ1n) is 4.04.